The van der Waals surface area contributed by atoms with Crippen LogP contribution in [0, 0.1) is 0 Å². The van der Waals surface area contributed by atoms with Gasteiger partial charge in [0.2, 0.25) is 17.2 Å². The van der Waals surface area contributed by atoms with Gasteiger partial charge in [-0.3, -0.25) is 0 Å². The summed E-state index contributed by atoms with van der Waals surface area (Å²) in [6.45, 7) is 11.4. The van der Waals surface area contributed by atoms with E-state index in [1.807, 2.05) is 32.9 Å². The van der Waals surface area contributed by atoms with Gasteiger partial charge < -0.3 is 8.83 Å². The first-order chi connectivity index (χ1) is 18.8. The minimum atomic E-state index is -5.77. The number of benzene rings is 3. The molecule has 0 fully saturated rings. The highest BCUT2D eigenvalue weighted by atomic mass is 19.4. The lowest BCUT2D eigenvalue weighted by Gasteiger charge is -2.38. The number of hydrogen-bond acceptors (Lipinski definition) is 4. The van der Waals surface area contributed by atoms with E-state index >= 15 is 0 Å². The lowest BCUT2D eigenvalue weighted by molar-refractivity contribution is -0.288. The van der Waals surface area contributed by atoms with Gasteiger partial charge in [-0.2, -0.15) is 26.3 Å². The third kappa shape index (κ3) is 4.77. The van der Waals surface area contributed by atoms with Crippen molar-refractivity contribution in [2.45, 2.75) is 70.1 Å². The molecule has 2 aromatic heterocycles. The van der Waals surface area contributed by atoms with E-state index in [1.165, 1.54) is 0 Å². The summed E-state index contributed by atoms with van der Waals surface area (Å²) in [5.74, 6) is 0.280. The molecule has 3 aromatic carbocycles. The lowest BCUT2D eigenvalue weighted by Crippen LogP contribution is -2.54. The van der Waals surface area contributed by atoms with Crippen molar-refractivity contribution in [2.24, 2.45) is 0 Å². The second kappa shape index (κ2) is 9.09. The number of hydrogen-bond donors (Lipinski definition) is 0. The minimum Gasteiger partial charge on any atom is -0.440 e. The number of fused-ring (bicyclic) bond motifs is 2. The van der Waals surface area contributed by atoms with Gasteiger partial charge in [0.25, 0.3) is 0 Å². The maximum absolute atomic E-state index is 14.8. The summed E-state index contributed by atoms with van der Waals surface area (Å²) in [5, 5.41) is 0. The van der Waals surface area contributed by atoms with Crippen molar-refractivity contribution in [2.75, 3.05) is 0 Å². The van der Waals surface area contributed by atoms with E-state index in [0.717, 1.165) is 42.0 Å². The maximum atomic E-state index is 14.8. The number of halogens is 6. The molecule has 2 heterocycles. The standard InChI is InChI=1S/C31H28F6N2O2/c1-27(2,3)18-9-7-17(8-10-18)25-38-21-15-19(11-13-23(21)40-25)29(30(32,33)34,31(35,36)37)20-12-14-24-22(16-20)39-26(41-24)28(4,5)6/h7-16H,1-6H3. The zero-order chi connectivity index (χ0) is 30.2. The number of aromatic nitrogens is 2. The molecular formula is C31H28F6N2O2. The molecule has 216 valence electrons. The Balaban J connectivity index is 1.69. The second-order valence-electron chi connectivity index (χ2n) is 12.2. The highest BCUT2D eigenvalue weighted by Crippen LogP contribution is 2.57. The smallest absolute Gasteiger partial charge is 0.411 e. The Morgan fingerprint density at radius 3 is 1.46 bits per heavy atom. The van der Waals surface area contributed by atoms with Crippen LogP contribution in [0.3, 0.4) is 0 Å². The molecule has 10 heteroatoms. The summed E-state index contributed by atoms with van der Waals surface area (Å²) in [6, 6.07) is 12.6. The molecule has 0 aliphatic rings. The zero-order valence-electron chi connectivity index (χ0n) is 23.3. The molecule has 0 aliphatic heterocycles. The Kier molecular flexibility index (Phi) is 6.36. The predicted molar refractivity (Wildman–Crippen MR) is 144 cm³/mol. The Hall–Kier alpha value is -3.82. The SMILES string of the molecule is CC(C)(C)c1ccc(-c2nc3cc(C(c4ccc5oc(C(C)(C)C)nc5c4)(C(F)(F)F)C(F)(F)F)ccc3o2)cc1. The van der Waals surface area contributed by atoms with Gasteiger partial charge in [0, 0.05) is 11.0 Å². The molecular weight excluding hydrogens is 546 g/mol. The monoisotopic (exact) mass is 574 g/mol. The van der Waals surface area contributed by atoms with Gasteiger partial charge in [0.1, 0.15) is 11.0 Å². The first-order valence-electron chi connectivity index (χ1n) is 12.9. The van der Waals surface area contributed by atoms with Crippen molar-refractivity contribution < 1.29 is 35.2 Å². The molecule has 0 aliphatic carbocycles. The quantitative estimate of drug-likeness (QED) is 0.201. The summed E-state index contributed by atoms with van der Waals surface area (Å²) >= 11 is 0. The molecule has 0 unspecified atom stereocenters. The number of oxazole rings is 2. The van der Waals surface area contributed by atoms with Crippen molar-refractivity contribution in [3.8, 4) is 11.5 Å². The molecule has 0 saturated carbocycles. The molecule has 5 rings (SSSR count). The second-order valence-corrected chi connectivity index (χ2v) is 12.2. The third-order valence-electron chi connectivity index (χ3n) is 7.13. The van der Waals surface area contributed by atoms with Gasteiger partial charge in [-0.15, -0.1) is 0 Å². The van der Waals surface area contributed by atoms with E-state index in [4.69, 9.17) is 8.83 Å². The molecule has 0 bridgehead atoms. The van der Waals surface area contributed by atoms with Crippen LogP contribution < -0.4 is 0 Å². The average molecular weight is 575 g/mol. The molecule has 0 amide bonds. The van der Waals surface area contributed by atoms with Crippen LogP contribution in [0.2, 0.25) is 0 Å². The van der Waals surface area contributed by atoms with Gasteiger partial charge in [-0.1, -0.05) is 65.8 Å². The summed E-state index contributed by atoms with van der Waals surface area (Å²) < 4.78 is 100. The van der Waals surface area contributed by atoms with E-state index in [0.29, 0.717) is 5.56 Å². The maximum Gasteiger partial charge on any atom is 0.411 e. The molecule has 0 saturated heterocycles. The molecule has 0 N–H and O–H groups in total. The number of rotatable bonds is 3. The van der Waals surface area contributed by atoms with Gasteiger partial charge in [-0.05, 0) is 58.5 Å². The Morgan fingerprint density at radius 1 is 0.537 bits per heavy atom. The van der Waals surface area contributed by atoms with Crippen LogP contribution in [-0.2, 0) is 16.2 Å². The molecule has 5 aromatic rings. The van der Waals surface area contributed by atoms with Crippen LogP contribution >= 0.6 is 0 Å². The third-order valence-corrected chi connectivity index (χ3v) is 7.13. The average Bonchev–Trinajstić information content (AvgIpc) is 3.46. The van der Waals surface area contributed by atoms with E-state index in [-0.39, 0.29) is 39.4 Å². The normalized spacial score (nSPS) is 13.9. The fourth-order valence-corrected chi connectivity index (χ4v) is 4.86. The van der Waals surface area contributed by atoms with Crippen LogP contribution in [0.15, 0.2) is 69.5 Å². The molecule has 0 radical (unpaired) electrons. The Labute approximate surface area is 232 Å². The Bertz CT molecular complexity index is 1720. The largest absolute Gasteiger partial charge is 0.440 e. The summed E-state index contributed by atoms with van der Waals surface area (Å²) in [6.07, 6.45) is -11.5. The first-order valence-corrected chi connectivity index (χ1v) is 12.9. The highest BCUT2D eigenvalue weighted by Gasteiger charge is 2.72. The Morgan fingerprint density at radius 2 is 1.00 bits per heavy atom. The van der Waals surface area contributed by atoms with Gasteiger partial charge in [0.05, 0.1) is 0 Å². The summed E-state index contributed by atoms with van der Waals surface area (Å²) in [7, 11) is 0. The first kappa shape index (κ1) is 28.7. The van der Waals surface area contributed by atoms with Crippen molar-refractivity contribution >= 4 is 22.2 Å². The molecule has 41 heavy (non-hydrogen) atoms. The van der Waals surface area contributed by atoms with Gasteiger partial charge >= 0.3 is 12.4 Å². The van der Waals surface area contributed by atoms with Crippen molar-refractivity contribution in [3.05, 3.63) is 83.2 Å². The summed E-state index contributed by atoms with van der Waals surface area (Å²) in [5.41, 5.74) is -5.65. The minimum absolute atomic E-state index is 0.0590. The molecule has 4 nitrogen and oxygen atoms in total. The van der Waals surface area contributed by atoms with Crippen LogP contribution in [-0.4, -0.2) is 22.3 Å². The van der Waals surface area contributed by atoms with E-state index in [2.05, 4.69) is 9.97 Å². The van der Waals surface area contributed by atoms with Crippen LogP contribution in [0.1, 0.15) is 64.1 Å². The van der Waals surface area contributed by atoms with Crippen LogP contribution in [0.25, 0.3) is 33.7 Å². The van der Waals surface area contributed by atoms with Gasteiger partial charge in [-0.25, -0.2) is 9.97 Å². The predicted octanol–water partition coefficient (Wildman–Crippen LogP) is 9.64. The topological polar surface area (TPSA) is 52.1 Å². The van der Waals surface area contributed by atoms with Crippen molar-refractivity contribution in [3.63, 3.8) is 0 Å². The van der Waals surface area contributed by atoms with Crippen molar-refractivity contribution in [1.29, 1.82) is 0 Å². The molecule has 0 atom stereocenters. The highest BCUT2D eigenvalue weighted by molar-refractivity contribution is 5.79. The molecule has 0 spiro atoms. The lowest BCUT2D eigenvalue weighted by atomic mass is 9.72. The van der Waals surface area contributed by atoms with E-state index < -0.39 is 34.3 Å². The van der Waals surface area contributed by atoms with E-state index in [1.54, 1.807) is 32.9 Å². The fraction of sp³-hybridized carbons (Fsp3) is 0.355. The van der Waals surface area contributed by atoms with E-state index in [9.17, 15) is 26.3 Å². The fourth-order valence-electron chi connectivity index (χ4n) is 4.86. The van der Waals surface area contributed by atoms with Crippen molar-refractivity contribution in [1.82, 2.24) is 9.97 Å². The zero-order valence-corrected chi connectivity index (χ0v) is 23.3. The number of alkyl halides is 6. The summed E-state index contributed by atoms with van der Waals surface area (Å²) in [4.78, 5) is 8.45. The van der Waals surface area contributed by atoms with Gasteiger partial charge in [0.15, 0.2) is 11.2 Å². The number of nitrogens with zero attached hydrogens (tertiary/aromatic N) is 2. The van der Waals surface area contributed by atoms with Crippen LogP contribution in [0.5, 0.6) is 0 Å². The van der Waals surface area contributed by atoms with Crippen LogP contribution in [0.4, 0.5) is 26.3 Å².